The standard InChI is InChI=1S/C21H28N4OS.HI/c1-2-22-21(25-15-19-11-7-13-27-19)24-14-18-10-6-12-23-20(18)26-16-17-8-4-3-5-9-17;/h3-6,8-10,12,19H,2,7,11,13-16H2,1H3,(H2,22,24,25);1H. The highest BCUT2D eigenvalue weighted by atomic mass is 127. The topological polar surface area (TPSA) is 58.5 Å². The zero-order valence-corrected chi connectivity index (χ0v) is 19.4. The first-order valence-corrected chi connectivity index (χ1v) is 10.6. The molecule has 0 aliphatic carbocycles. The van der Waals surface area contributed by atoms with Crippen LogP contribution in [0.5, 0.6) is 5.88 Å². The number of aromatic nitrogens is 1. The molecule has 1 saturated heterocycles. The molecule has 7 heteroatoms. The van der Waals surface area contributed by atoms with Gasteiger partial charge in [0.1, 0.15) is 6.61 Å². The lowest BCUT2D eigenvalue weighted by atomic mass is 10.2. The fraction of sp³-hybridized carbons (Fsp3) is 0.429. The molecule has 1 aliphatic heterocycles. The number of aliphatic imine (C=N–C) groups is 1. The lowest BCUT2D eigenvalue weighted by Gasteiger charge is -2.15. The van der Waals surface area contributed by atoms with Gasteiger partial charge in [0, 0.05) is 30.1 Å². The van der Waals surface area contributed by atoms with Crippen molar-refractivity contribution in [2.24, 2.45) is 4.99 Å². The number of ether oxygens (including phenoxy) is 1. The zero-order chi connectivity index (χ0) is 18.7. The predicted molar refractivity (Wildman–Crippen MR) is 129 cm³/mol. The summed E-state index contributed by atoms with van der Waals surface area (Å²) in [5.74, 6) is 2.77. The lowest BCUT2D eigenvalue weighted by molar-refractivity contribution is 0.290. The second-order valence-electron chi connectivity index (χ2n) is 6.45. The third-order valence-corrected chi connectivity index (χ3v) is 5.74. The number of thioether (sulfide) groups is 1. The molecule has 2 aromatic rings. The zero-order valence-electron chi connectivity index (χ0n) is 16.3. The maximum atomic E-state index is 5.93. The van der Waals surface area contributed by atoms with Gasteiger partial charge in [-0.25, -0.2) is 9.98 Å². The number of hydrogen-bond donors (Lipinski definition) is 2. The Labute approximate surface area is 189 Å². The molecule has 2 heterocycles. The van der Waals surface area contributed by atoms with Crippen molar-refractivity contribution in [1.29, 1.82) is 0 Å². The summed E-state index contributed by atoms with van der Waals surface area (Å²) in [6.07, 6.45) is 4.37. The molecule has 0 bridgehead atoms. The predicted octanol–water partition coefficient (Wildman–Crippen LogP) is 4.23. The number of rotatable bonds is 8. The Hall–Kier alpha value is -1.48. The van der Waals surface area contributed by atoms with Crippen molar-refractivity contribution in [3.63, 3.8) is 0 Å². The van der Waals surface area contributed by atoms with Gasteiger partial charge in [-0.2, -0.15) is 11.8 Å². The van der Waals surface area contributed by atoms with E-state index in [0.29, 0.717) is 24.3 Å². The molecule has 152 valence electrons. The summed E-state index contributed by atoms with van der Waals surface area (Å²) in [6, 6.07) is 14.1. The van der Waals surface area contributed by atoms with Crippen molar-refractivity contribution in [3.05, 3.63) is 59.8 Å². The minimum Gasteiger partial charge on any atom is -0.473 e. The van der Waals surface area contributed by atoms with Crippen LogP contribution in [-0.2, 0) is 13.2 Å². The monoisotopic (exact) mass is 512 g/mol. The molecule has 0 saturated carbocycles. The molecule has 3 rings (SSSR count). The summed E-state index contributed by atoms with van der Waals surface area (Å²) in [4.78, 5) is 9.12. The van der Waals surface area contributed by atoms with Gasteiger partial charge in [-0.15, -0.1) is 24.0 Å². The summed E-state index contributed by atoms with van der Waals surface area (Å²) >= 11 is 2.05. The summed E-state index contributed by atoms with van der Waals surface area (Å²) in [7, 11) is 0. The largest absolute Gasteiger partial charge is 0.473 e. The van der Waals surface area contributed by atoms with Crippen LogP contribution >= 0.6 is 35.7 Å². The quantitative estimate of drug-likeness (QED) is 0.315. The summed E-state index contributed by atoms with van der Waals surface area (Å²) in [6.45, 7) is 4.92. The molecule has 0 amide bonds. The van der Waals surface area contributed by atoms with Gasteiger partial charge in [-0.05, 0) is 37.1 Å². The number of guanidine groups is 1. The average Bonchev–Trinajstić information content (AvgIpc) is 3.23. The molecule has 1 aliphatic rings. The van der Waals surface area contributed by atoms with Crippen LogP contribution in [0.15, 0.2) is 53.7 Å². The van der Waals surface area contributed by atoms with E-state index in [1.54, 1.807) is 6.20 Å². The van der Waals surface area contributed by atoms with E-state index in [1.807, 2.05) is 42.1 Å². The molecule has 5 nitrogen and oxygen atoms in total. The molecular weight excluding hydrogens is 483 g/mol. The number of pyridine rings is 1. The lowest BCUT2D eigenvalue weighted by Crippen LogP contribution is -2.40. The van der Waals surface area contributed by atoms with Crippen molar-refractivity contribution < 1.29 is 4.74 Å². The summed E-state index contributed by atoms with van der Waals surface area (Å²) in [5, 5.41) is 7.48. The van der Waals surface area contributed by atoms with Gasteiger partial charge in [0.15, 0.2) is 5.96 Å². The third kappa shape index (κ3) is 7.50. The van der Waals surface area contributed by atoms with Crippen LogP contribution in [0.1, 0.15) is 30.9 Å². The highest BCUT2D eigenvalue weighted by Crippen LogP contribution is 2.25. The fourth-order valence-corrected chi connectivity index (χ4v) is 4.12. The Morgan fingerprint density at radius 2 is 2.07 bits per heavy atom. The van der Waals surface area contributed by atoms with Crippen LogP contribution in [0.2, 0.25) is 0 Å². The number of hydrogen-bond acceptors (Lipinski definition) is 4. The van der Waals surface area contributed by atoms with E-state index in [4.69, 9.17) is 9.73 Å². The maximum Gasteiger partial charge on any atom is 0.218 e. The molecule has 0 radical (unpaired) electrons. The Morgan fingerprint density at radius 3 is 2.82 bits per heavy atom. The van der Waals surface area contributed by atoms with Crippen molar-refractivity contribution in [3.8, 4) is 5.88 Å². The van der Waals surface area contributed by atoms with Crippen LogP contribution in [0.3, 0.4) is 0 Å². The fourth-order valence-electron chi connectivity index (χ4n) is 2.92. The summed E-state index contributed by atoms with van der Waals surface area (Å²) in [5.41, 5.74) is 2.11. The minimum absolute atomic E-state index is 0. The van der Waals surface area contributed by atoms with Crippen LogP contribution in [-0.4, -0.2) is 35.0 Å². The molecule has 1 aromatic carbocycles. The molecule has 28 heavy (non-hydrogen) atoms. The first kappa shape index (κ1) is 22.8. The number of benzene rings is 1. The minimum atomic E-state index is 0. The van der Waals surface area contributed by atoms with Crippen molar-refractivity contribution in [2.75, 3.05) is 18.8 Å². The first-order chi connectivity index (χ1) is 13.3. The Kier molecular flexibility index (Phi) is 10.5. The number of nitrogens with one attached hydrogen (secondary N) is 2. The van der Waals surface area contributed by atoms with E-state index in [9.17, 15) is 0 Å². The summed E-state index contributed by atoms with van der Waals surface area (Å²) < 4.78 is 5.93. The molecule has 0 spiro atoms. The Bertz CT molecular complexity index is 723. The molecule has 1 fully saturated rings. The van der Waals surface area contributed by atoms with Gasteiger partial charge in [-0.1, -0.05) is 36.4 Å². The highest BCUT2D eigenvalue weighted by molar-refractivity contribution is 14.0. The molecule has 1 atom stereocenters. The SMILES string of the molecule is CCNC(=NCc1cccnc1OCc1ccccc1)NCC1CCCS1.I. The van der Waals surface area contributed by atoms with Crippen LogP contribution in [0.4, 0.5) is 0 Å². The Balaban J connectivity index is 0.00000280. The van der Waals surface area contributed by atoms with E-state index in [2.05, 4.69) is 34.7 Å². The van der Waals surface area contributed by atoms with Gasteiger partial charge in [0.2, 0.25) is 5.88 Å². The van der Waals surface area contributed by atoms with E-state index in [0.717, 1.165) is 30.2 Å². The first-order valence-electron chi connectivity index (χ1n) is 9.59. The van der Waals surface area contributed by atoms with Gasteiger partial charge in [0.25, 0.3) is 0 Å². The average molecular weight is 512 g/mol. The molecule has 2 N–H and O–H groups in total. The smallest absolute Gasteiger partial charge is 0.218 e. The normalized spacial score (nSPS) is 16.3. The molecule has 1 aromatic heterocycles. The Morgan fingerprint density at radius 1 is 1.21 bits per heavy atom. The second-order valence-corrected chi connectivity index (χ2v) is 7.86. The second kappa shape index (κ2) is 12.9. The van der Waals surface area contributed by atoms with Crippen molar-refractivity contribution in [1.82, 2.24) is 15.6 Å². The number of nitrogens with zero attached hydrogens (tertiary/aromatic N) is 2. The third-order valence-electron chi connectivity index (χ3n) is 4.34. The van der Waals surface area contributed by atoms with Gasteiger partial charge in [0.05, 0.1) is 6.54 Å². The number of halogens is 1. The highest BCUT2D eigenvalue weighted by Gasteiger charge is 2.15. The van der Waals surface area contributed by atoms with E-state index in [-0.39, 0.29) is 24.0 Å². The van der Waals surface area contributed by atoms with Gasteiger partial charge >= 0.3 is 0 Å². The van der Waals surface area contributed by atoms with Crippen molar-refractivity contribution >= 4 is 41.7 Å². The van der Waals surface area contributed by atoms with E-state index in [1.165, 1.54) is 18.6 Å². The van der Waals surface area contributed by atoms with Crippen LogP contribution < -0.4 is 15.4 Å². The van der Waals surface area contributed by atoms with E-state index >= 15 is 0 Å². The van der Waals surface area contributed by atoms with Gasteiger partial charge in [-0.3, -0.25) is 0 Å². The molecule has 1 unspecified atom stereocenters. The van der Waals surface area contributed by atoms with Gasteiger partial charge < -0.3 is 15.4 Å². The van der Waals surface area contributed by atoms with Crippen LogP contribution in [0.25, 0.3) is 0 Å². The van der Waals surface area contributed by atoms with E-state index < -0.39 is 0 Å². The molecular formula is C21H29IN4OS. The van der Waals surface area contributed by atoms with Crippen molar-refractivity contribution in [2.45, 2.75) is 38.2 Å². The van der Waals surface area contributed by atoms with Crippen LogP contribution in [0, 0.1) is 0 Å². The maximum absolute atomic E-state index is 5.93.